The van der Waals surface area contributed by atoms with Crippen LogP contribution >= 0.6 is 0 Å². The summed E-state index contributed by atoms with van der Waals surface area (Å²) in [6.45, 7) is 1.81. The highest BCUT2D eigenvalue weighted by Crippen LogP contribution is 2.49. The van der Waals surface area contributed by atoms with Crippen LogP contribution in [0.25, 0.3) is 10.9 Å². The summed E-state index contributed by atoms with van der Waals surface area (Å²) >= 11 is 0. The number of fused-ring (bicyclic) bond motifs is 1. The first kappa shape index (κ1) is 27.0. The zero-order valence-electron chi connectivity index (χ0n) is 22.5. The molecule has 1 aromatic heterocycles. The smallest absolute Gasteiger partial charge is 0.338 e. The maximum atomic E-state index is 13.2. The molecule has 7 nitrogen and oxygen atoms in total. The third-order valence-electron chi connectivity index (χ3n) is 7.36. The SMILES string of the molecule is COC(=O)c1cc2c(Oc3ccc(CC(=O)C4(C(=O)Cc5ccc(F)cc5)CC4)cc3OC)ccnc2cc1C. The van der Waals surface area contributed by atoms with Gasteiger partial charge in [0.2, 0.25) is 0 Å². The minimum Gasteiger partial charge on any atom is -0.493 e. The first-order valence-corrected chi connectivity index (χ1v) is 12.9. The summed E-state index contributed by atoms with van der Waals surface area (Å²) in [4.78, 5) is 42.9. The molecule has 204 valence electrons. The average Bonchev–Trinajstić information content (AvgIpc) is 3.77. The average molecular weight is 542 g/mol. The zero-order chi connectivity index (χ0) is 28.4. The van der Waals surface area contributed by atoms with Gasteiger partial charge in [-0.15, -0.1) is 0 Å². The lowest BCUT2D eigenvalue weighted by molar-refractivity contribution is -0.133. The molecule has 40 heavy (non-hydrogen) atoms. The number of aromatic nitrogens is 1. The normalized spacial score (nSPS) is 13.5. The predicted octanol–water partition coefficient (Wildman–Crippen LogP) is 5.97. The highest BCUT2D eigenvalue weighted by Gasteiger charge is 2.54. The second kappa shape index (κ2) is 10.9. The summed E-state index contributed by atoms with van der Waals surface area (Å²) in [5, 5.41) is 0.630. The van der Waals surface area contributed by atoms with Crippen molar-refractivity contribution in [1.82, 2.24) is 4.98 Å². The van der Waals surface area contributed by atoms with Crippen LogP contribution in [-0.4, -0.2) is 36.7 Å². The van der Waals surface area contributed by atoms with Crippen molar-refractivity contribution >= 4 is 28.4 Å². The third kappa shape index (κ3) is 5.30. The number of rotatable bonds is 10. The Kier molecular flexibility index (Phi) is 7.34. The quantitative estimate of drug-likeness (QED) is 0.180. The summed E-state index contributed by atoms with van der Waals surface area (Å²) < 4.78 is 29.9. The van der Waals surface area contributed by atoms with E-state index in [0.29, 0.717) is 57.7 Å². The number of ether oxygens (including phenoxy) is 3. The number of pyridine rings is 1. The lowest BCUT2D eigenvalue weighted by Crippen LogP contribution is -2.28. The van der Waals surface area contributed by atoms with Gasteiger partial charge in [0.25, 0.3) is 0 Å². The van der Waals surface area contributed by atoms with Crippen LogP contribution in [0.3, 0.4) is 0 Å². The molecule has 5 rings (SSSR count). The lowest BCUT2D eigenvalue weighted by atomic mass is 9.88. The number of methoxy groups -OCH3 is 2. The fourth-order valence-electron chi connectivity index (χ4n) is 4.87. The minimum atomic E-state index is -0.984. The van der Waals surface area contributed by atoms with E-state index in [4.69, 9.17) is 14.2 Å². The van der Waals surface area contributed by atoms with E-state index in [1.165, 1.54) is 26.4 Å². The molecule has 0 saturated heterocycles. The van der Waals surface area contributed by atoms with Crippen LogP contribution in [0.4, 0.5) is 4.39 Å². The number of carbonyl (C=O) groups is 3. The third-order valence-corrected chi connectivity index (χ3v) is 7.36. The molecule has 1 aliphatic rings. The highest BCUT2D eigenvalue weighted by molar-refractivity contribution is 6.11. The van der Waals surface area contributed by atoms with Crippen molar-refractivity contribution in [2.75, 3.05) is 14.2 Å². The van der Waals surface area contributed by atoms with Gasteiger partial charge in [-0.1, -0.05) is 18.2 Å². The molecule has 1 aliphatic carbocycles. The topological polar surface area (TPSA) is 91.8 Å². The Morgan fingerprint density at radius 1 is 0.850 bits per heavy atom. The molecule has 0 N–H and O–H groups in total. The van der Waals surface area contributed by atoms with E-state index in [1.54, 1.807) is 54.7 Å². The number of halogens is 1. The molecule has 1 heterocycles. The number of esters is 1. The van der Waals surface area contributed by atoms with Gasteiger partial charge in [-0.2, -0.15) is 0 Å². The Balaban J connectivity index is 1.35. The molecule has 0 unspecified atom stereocenters. The van der Waals surface area contributed by atoms with Crippen LogP contribution in [0.15, 0.2) is 66.9 Å². The van der Waals surface area contributed by atoms with Gasteiger partial charge in [-0.3, -0.25) is 14.6 Å². The van der Waals surface area contributed by atoms with Crippen molar-refractivity contribution in [1.29, 1.82) is 0 Å². The molecule has 8 heteroatoms. The van der Waals surface area contributed by atoms with Gasteiger partial charge in [-0.05, 0) is 78.9 Å². The second-order valence-electron chi connectivity index (χ2n) is 9.98. The molecule has 1 saturated carbocycles. The van der Waals surface area contributed by atoms with Crippen molar-refractivity contribution < 1.29 is 33.0 Å². The van der Waals surface area contributed by atoms with Gasteiger partial charge in [0.05, 0.1) is 30.7 Å². The lowest BCUT2D eigenvalue weighted by Gasteiger charge is -2.16. The molecule has 3 aromatic carbocycles. The van der Waals surface area contributed by atoms with E-state index < -0.39 is 11.4 Å². The van der Waals surface area contributed by atoms with Gasteiger partial charge in [0.1, 0.15) is 11.6 Å². The van der Waals surface area contributed by atoms with Gasteiger partial charge >= 0.3 is 5.97 Å². The minimum absolute atomic E-state index is 0.0752. The number of hydrogen-bond donors (Lipinski definition) is 0. The maximum absolute atomic E-state index is 13.2. The number of aryl methyl sites for hydroxylation is 1. The molecule has 4 aromatic rings. The van der Waals surface area contributed by atoms with Crippen molar-refractivity contribution in [2.24, 2.45) is 5.41 Å². The van der Waals surface area contributed by atoms with Crippen LogP contribution in [0.1, 0.15) is 39.9 Å². The number of carbonyl (C=O) groups excluding carboxylic acids is 3. The molecule has 1 fully saturated rings. The van der Waals surface area contributed by atoms with E-state index >= 15 is 0 Å². The molecule has 0 amide bonds. The first-order chi connectivity index (χ1) is 19.2. The van der Waals surface area contributed by atoms with Crippen LogP contribution in [0.5, 0.6) is 17.2 Å². The molecule has 0 bridgehead atoms. The number of ketones is 2. The van der Waals surface area contributed by atoms with Crippen molar-refractivity contribution in [3.05, 3.63) is 94.9 Å². The highest BCUT2D eigenvalue weighted by atomic mass is 19.1. The van der Waals surface area contributed by atoms with Gasteiger partial charge < -0.3 is 14.2 Å². The monoisotopic (exact) mass is 541 g/mol. The first-order valence-electron chi connectivity index (χ1n) is 12.9. The number of benzene rings is 3. The predicted molar refractivity (Wildman–Crippen MR) is 146 cm³/mol. The Hall–Kier alpha value is -4.59. The molecular weight excluding hydrogens is 513 g/mol. The van der Waals surface area contributed by atoms with Gasteiger partial charge in [-0.25, -0.2) is 9.18 Å². The van der Waals surface area contributed by atoms with Gasteiger partial charge in [0.15, 0.2) is 23.1 Å². The van der Waals surface area contributed by atoms with Crippen LogP contribution < -0.4 is 9.47 Å². The van der Waals surface area contributed by atoms with Gasteiger partial charge in [0, 0.05) is 24.4 Å². The molecule has 0 aliphatic heterocycles. The summed E-state index contributed by atoms with van der Waals surface area (Å²) in [5.41, 5.74) is 2.20. The van der Waals surface area contributed by atoms with Crippen LogP contribution in [0.2, 0.25) is 0 Å². The molecule has 0 atom stereocenters. The molecule has 0 radical (unpaired) electrons. The van der Waals surface area contributed by atoms with Crippen molar-refractivity contribution in [3.63, 3.8) is 0 Å². The van der Waals surface area contributed by atoms with E-state index in [-0.39, 0.29) is 30.2 Å². The van der Waals surface area contributed by atoms with Crippen LogP contribution in [0, 0.1) is 18.2 Å². The fraction of sp³-hybridized carbons (Fsp3) is 0.250. The number of hydrogen-bond acceptors (Lipinski definition) is 7. The molecule has 0 spiro atoms. The Labute approximate surface area is 230 Å². The summed E-state index contributed by atoms with van der Waals surface area (Å²) in [6, 6.07) is 16.2. The Bertz CT molecular complexity index is 1630. The van der Waals surface area contributed by atoms with E-state index in [9.17, 15) is 18.8 Å². The van der Waals surface area contributed by atoms with Crippen LogP contribution in [-0.2, 0) is 27.2 Å². The molecular formula is C32H28FNO6. The van der Waals surface area contributed by atoms with E-state index in [2.05, 4.69) is 4.98 Å². The van der Waals surface area contributed by atoms with Crippen molar-refractivity contribution in [2.45, 2.75) is 32.6 Å². The summed E-state index contributed by atoms with van der Waals surface area (Å²) in [6.07, 6.45) is 2.83. The van der Waals surface area contributed by atoms with E-state index in [0.717, 1.165) is 5.56 Å². The second-order valence-corrected chi connectivity index (χ2v) is 9.98. The Morgan fingerprint density at radius 2 is 1.52 bits per heavy atom. The van der Waals surface area contributed by atoms with E-state index in [1.807, 2.05) is 6.92 Å². The summed E-state index contributed by atoms with van der Waals surface area (Å²) in [5.74, 6) is 0.209. The summed E-state index contributed by atoms with van der Waals surface area (Å²) in [7, 11) is 2.84. The standard InChI is InChI=1S/C32H28FNO6/c1-19-14-25-24(18-23(19)31(37)39-3)26(10-13-34-25)40-27-9-6-21(15-28(27)38-2)17-30(36)32(11-12-32)29(35)16-20-4-7-22(33)8-5-20/h4-10,13-15,18H,11-12,16-17H2,1-3H3. The van der Waals surface area contributed by atoms with Crippen molar-refractivity contribution in [3.8, 4) is 17.2 Å². The number of nitrogens with zero attached hydrogens (tertiary/aromatic N) is 1. The largest absolute Gasteiger partial charge is 0.493 e. The zero-order valence-corrected chi connectivity index (χ0v) is 22.5. The fourth-order valence-corrected chi connectivity index (χ4v) is 4.87. The maximum Gasteiger partial charge on any atom is 0.338 e. The Morgan fingerprint density at radius 3 is 2.17 bits per heavy atom. The number of Topliss-reactive ketones (excluding diaryl/α,β-unsaturated/α-hetero) is 2.